The minimum absolute atomic E-state index is 0.0184. The zero-order valence-corrected chi connectivity index (χ0v) is 14.6. The number of hydrogen-bond donors (Lipinski definition) is 1. The van der Waals surface area contributed by atoms with Gasteiger partial charge in [-0.15, -0.1) is 0 Å². The number of benzene rings is 1. The van der Waals surface area contributed by atoms with E-state index >= 15 is 0 Å². The van der Waals surface area contributed by atoms with E-state index in [4.69, 9.17) is 5.73 Å². The van der Waals surface area contributed by atoms with E-state index in [2.05, 4.69) is 0 Å². The molecule has 3 rings (SSSR count). The molecule has 2 saturated heterocycles. The van der Waals surface area contributed by atoms with Crippen molar-refractivity contribution in [2.75, 3.05) is 13.1 Å². The Balaban J connectivity index is 1.68. The molecule has 2 aliphatic heterocycles. The number of carbonyl (C=O) groups is 4. The summed E-state index contributed by atoms with van der Waals surface area (Å²) in [6.45, 7) is 2.09. The van der Waals surface area contributed by atoms with E-state index in [1.54, 1.807) is 36.1 Å². The number of primary amides is 1. The number of Topliss-reactive ketones (excluding diaryl/α,β-unsaturated/α-hetero) is 1. The maximum atomic E-state index is 12.7. The van der Waals surface area contributed by atoms with Crippen molar-refractivity contribution < 1.29 is 19.2 Å². The Morgan fingerprint density at radius 3 is 2.58 bits per heavy atom. The van der Waals surface area contributed by atoms with Crippen molar-refractivity contribution in [2.24, 2.45) is 11.7 Å². The highest BCUT2D eigenvalue weighted by molar-refractivity contribution is 6.03. The monoisotopic (exact) mass is 356 g/mol. The number of hydrogen-bond acceptors (Lipinski definition) is 4. The van der Waals surface area contributed by atoms with Crippen LogP contribution in [0.3, 0.4) is 0 Å². The zero-order chi connectivity index (χ0) is 18.8. The second-order valence-corrected chi connectivity index (χ2v) is 6.84. The average molecular weight is 356 g/mol. The molecule has 0 saturated carbocycles. The third-order valence-corrected chi connectivity index (χ3v) is 5.12. The van der Waals surface area contributed by atoms with Crippen LogP contribution < -0.4 is 5.73 Å². The third-order valence-electron chi connectivity index (χ3n) is 5.12. The smallest absolute Gasteiger partial charge is 0.254 e. The molecule has 26 heavy (non-hydrogen) atoms. The quantitative estimate of drug-likeness (QED) is 0.825. The van der Waals surface area contributed by atoms with Crippen LogP contribution in [0.1, 0.15) is 30.1 Å². The van der Waals surface area contributed by atoms with Crippen molar-refractivity contribution in [2.45, 2.75) is 31.8 Å². The van der Waals surface area contributed by atoms with Crippen LogP contribution in [0.2, 0.25) is 0 Å². The summed E-state index contributed by atoms with van der Waals surface area (Å²) in [5, 5.41) is 0. The molecule has 2 heterocycles. The summed E-state index contributed by atoms with van der Waals surface area (Å²) in [4.78, 5) is 51.9. The topological polar surface area (TPSA) is 101 Å². The Morgan fingerprint density at radius 2 is 1.92 bits per heavy atom. The van der Waals surface area contributed by atoms with Crippen LogP contribution in [0.5, 0.6) is 0 Å². The van der Waals surface area contributed by atoms with Crippen LogP contribution in [0.15, 0.2) is 30.3 Å². The standard InChI is InChI=1S/C19H22N3O4/c1-12(18(20)25)7-8-16(24)21-10-9-14-17(21)15(23)11-22(14)19(26)13-5-3-2-4-6-13/h2-6,8,12,14,17H,7,9-11H2,1H3,(H2,20,25). The zero-order valence-electron chi connectivity index (χ0n) is 14.6. The second-order valence-electron chi connectivity index (χ2n) is 6.84. The highest BCUT2D eigenvalue weighted by Gasteiger charge is 2.51. The highest BCUT2D eigenvalue weighted by Crippen LogP contribution is 2.31. The molecule has 3 atom stereocenters. The summed E-state index contributed by atoms with van der Waals surface area (Å²) >= 11 is 0. The van der Waals surface area contributed by atoms with Crippen LogP contribution in [0, 0.1) is 12.3 Å². The van der Waals surface area contributed by atoms with Gasteiger partial charge < -0.3 is 15.5 Å². The van der Waals surface area contributed by atoms with Crippen molar-refractivity contribution in [1.82, 2.24) is 9.80 Å². The molecule has 3 amide bonds. The minimum Gasteiger partial charge on any atom is -0.369 e. The largest absolute Gasteiger partial charge is 0.369 e. The van der Waals surface area contributed by atoms with Gasteiger partial charge in [0.2, 0.25) is 11.8 Å². The molecule has 2 aliphatic rings. The maximum absolute atomic E-state index is 12.7. The van der Waals surface area contributed by atoms with Gasteiger partial charge in [-0.25, -0.2) is 0 Å². The molecule has 1 aromatic carbocycles. The van der Waals surface area contributed by atoms with E-state index in [-0.39, 0.29) is 36.6 Å². The number of likely N-dealkylation sites (tertiary alicyclic amines) is 2. The van der Waals surface area contributed by atoms with E-state index in [1.807, 2.05) is 6.07 Å². The molecule has 2 N–H and O–H groups in total. The van der Waals surface area contributed by atoms with Gasteiger partial charge in [0.1, 0.15) is 6.04 Å². The summed E-state index contributed by atoms with van der Waals surface area (Å²) in [6, 6.07) is 7.93. The fourth-order valence-electron chi connectivity index (χ4n) is 3.60. The Morgan fingerprint density at radius 1 is 1.23 bits per heavy atom. The van der Waals surface area contributed by atoms with Gasteiger partial charge >= 0.3 is 0 Å². The van der Waals surface area contributed by atoms with E-state index < -0.39 is 17.9 Å². The fraction of sp³-hybridized carbons (Fsp3) is 0.421. The first kappa shape index (κ1) is 18.1. The lowest BCUT2D eigenvalue weighted by molar-refractivity contribution is -0.133. The lowest BCUT2D eigenvalue weighted by Crippen LogP contribution is -2.43. The first-order chi connectivity index (χ1) is 12.4. The predicted octanol–water partition coefficient (Wildman–Crippen LogP) is 0.397. The minimum atomic E-state index is -0.602. The average Bonchev–Trinajstić information content (AvgIpc) is 3.21. The second kappa shape index (κ2) is 7.27. The van der Waals surface area contributed by atoms with Crippen LogP contribution in [-0.2, 0) is 14.4 Å². The molecule has 7 heteroatoms. The first-order valence-electron chi connectivity index (χ1n) is 8.72. The number of rotatable bonds is 5. The van der Waals surface area contributed by atoms with E-state index in [9.17, 15) is 19.2 Å². The number of ketones is 1. The lowest BCUT2D eigenvalue weighted by atomic mass is 10.0. The van der Waals surface area contributed by atoms with Gasteiger partial charge in [-0.2, -0.15) is 0 Å². The van der Waals surface area contributed by atoms with E-state index in [1.165, 1.54) is 11.3 Å². The van der Waals surface area contributed by atoms with Gasteiger partial charge in [0, 0.05) is 18.0 Å². The van der Waals surface area contributed by atoms with Crippen LogP contribution in [0.4, 0.5) is 0 Å². The Kier molecular flexibility index (Phi) is 5.06. The van der Waals surface area contributed by atoms with Gasteiger partial charge in [0.15, 0.2) is 5.78 Å². The van der Waals surface area contributed by atoms with Gasteiger partial charge in [-0.1, -0.05) is 25.1 Å². The van der Waals surface area contributed by atoms with Crippen LogP contribution in [0.25, 0.3) is 0 Å². The molecular formula is C19H22N3O4. The van der Waals surface area contributed by atoms with Crippen LogP contribution >= 0.6 is 0 Å². The summed E-state index contributed by atoms with van der Waals surface area (Å²) in [6.07, 6.45) is 2.22. The molecule has 1 aromatic rings. The maximum Gasteiger partial charge on any atom is 0.254 e. The first-order valence-corrected chi connectivity index (χ1v) is 8.72. The molecule has 0 bridgehead atoms. The molecule has 7 nitrogen and oxygen atoms in total. The normalized spacial score (nSPS) is 23.0. The van der Waals surface area contributed by atoms with Crippen molar-refractivity contribution >= 4 is 23.5 Å². The number of nitrogens with zero attached hydrogens (tertiary/aromatic N) is 2. The fourth-order valence-corrected chi connectivity index (χ4v) is 3.60. The van der Waals surface area contributed by atoms with Gasteiger partial charge in [0.05, 0.1) is 19.0 Å². The van der Waals surface area contributed by atoms with Crippen LogP contribution in [-0.4, -0.2) is 58.5 Å². The van der Waals surface area contributed by atoms with Gasteiger partial charge in [-0.05, 0) is 25.0 Å². The molecule has 0 aliphatic carbocycles. The van der Waals surface area contributed by atoms with Crippen molar-refractivity contribution in [3.05, 3.63) is 42.3 Å². The summed E-state index contributed by atoms with van der Waals surface area (Å²) in [5.41, 5.74) is 5.74. The summed E-state index contributed by atoms with van der Waals surface area (Å²) in [7, 11) is 0. The molecule has 0 aromatic heterocycles. The summed E-state index contributed by atoms with van der Waals surface area (Å²) < 4.78 is 0. The third kappa shape index (κ3) is 3.34. The Hall–Kier alpha value is -2.70. The Labute approximate surface area is 152 Å². The molecule has 2 fully saturated rings. The highest BCUT2D eigenvalue weighted by atomic mass is 16.2. The predicted molar refractivity (Wildman–Crippen MR) is 93.7 cm³/mol. The van der Waals surface area contributed by atoms with E-state index in [0.29, 0.717) is 18.5 Å². The number of fused-ring (bicyclic) bond motifs is 1. The van der Waals surface area contributed by atoms with Gasteiger partial charge in [-0.3, -0.25) is 19.2 Å². The molecular weight excluding hydrogens is 334 g/mol. The SMILES string of the molecule is CC(C[CH]C(=O)N1CCC2C1C(=O)CN2C(=O)c1ccccc1)C(N)=O. The number of carbonyl (C=O) groups excluding carboxylic acids is 4. The Bertz CT molecular complexity index is 734. The summed E-state index contributed by atoms with van der Waals surface area (Å²) in [5.74, 6) is -1.50. The number of amides is 3. The van der Waals surface area contributed by atoms with Crippen molar-refractivity contribution in [3.8, 4) is 0 Å². The number of nitrogens with two attached hydrogens (primary N) is 1. The van der Waals surface area contributed by atoms with Crippen molar-refractivity contribution in [1.29, 1.82) is 0 Å². The van der Waals surface area contributed by atoms with Crippen molar-refractivity contribution in [3.63, 3.8) is 0 Å². The molecule has 3 unspecified atom stereocenters. The molecule has 1 radical (unpaired) electrons. The molecule has 137 valence electrons. The van der Waals surface area contributed by atoms with Gasteiger partial charge in [0.25, 0.3) is 5.91 Å². The molecule has 0 spiro atoms. The van der Waals surface area contributed by atoms with E-state index in [0.717, 1.165) is 0 Å². The lowest BCUT2D eigenvalue weighted by Gasteiger charge is -2.24.